The molecule has 0 radical (unpaired) electrons. The first-order valence-electron chi connectivity index (χ1n) is 8.94. The van der Waals surface area contributed by atoms with Crippen molar-refractivity contribution in [2.24, 2.45) is 5.92 Å². The number of carbonyl (C=O) groups excluding carboxylic acids is 1. The van der Waals surface area contributed by atoms with Gasteiger partial charge in [0.05, 0.1) is 16.3 Å². The summed E-state index contributed by atoms with van der Waals surface area (Å²) in [6.07, 6.45) is 1.84. The molecule has 1 fully saturated rings. The summed E-state index contributed by atoms with van der Waals surface area (Å²) in [5.74, 6) is -0.0710. The molecule has 138 valence electrons. The van der Waals surface area contributed by atoms with Crippen molar-refractivity contribution in [3.8, 4) is 0 Å². The molecular formula is C20H24N2O3S. The van der Waals surface area contributed by atoms with Crippen LogP contribution in [0.1, 0.15) is 62.5 Å². The Morgan fingerprint density at radius 3 is 2.58 bits per heavy atom. The number of rotatable bonds is 5. The maximum Gasteiger partial charge on any atom is 0.335 e. The average molecular weight is 372 g/mol. The van der Waals surface area contributed by atoms with Crippen LogP contribution >= 0.6 is 11.3 Å². The number of aromatic carboxylic acids is 1. The van der Waals surface area contributed by atoms with Gasteiger partial charge in [-0.25, -0.2) is 9.78 Å². The zero-order valence-corrected chi connectivity index (χ0v) is 16.2. The third-order valence-corrected chi connectivity index (χ3v) is 6.25. The van der Waals surface area contributed by atoms with Gasteiger partial charge in [-0.05, 0) is 43.4 Å². The first-order valence-corrected chi connectivity index (χ1v) is 9.75. The van der Waals surface area contributed by atoms with E-state index in [1.54, 1.807) is 12.1 Å². The Kier molecular flexibility index (Phi) is 5.41. The molecule has 6 heteroatoms. The molecule has 3 rings (SSSR count). The zero-order chi connectivity index (χ0) is 18.8. The summed E-state index contributed by atoms with van der Waals surface area (Å²) in [5, 5.41) is 9.99. The van der Waals surface area contributed by atoms with Crippen LogP contribution < -0.4 is 0 Å². The normalized spacial score (nSPS) is 17.1. The number of likely N-dealkylation sites (tertiary alicyclic amines) is 1. The zero-order valence-electron chi connectivity index (χ0n) is 15.4. The number of thiazole rings is 1. The number of carboxylic acid groups (broad SMARTS) is 1. The van der Waals surface area contributed by atoms with Crippen molar-refractivity contribution >= 4 is 23.2 Å². The molecule has 1 atom stereocenters. The molecule has 26 heavy (non-hydrogen) atoms. The van der Waals surface area contributed by atoms with E-state index in [1.165, 1.54) is 11.3 Å². The van der Waals surface area contributed by atoms with Gasteiger partial charge >= 0.3 is 5.97 Å². The van der Waals surface area contributed by atoms with Crippen LogP contribution in [0.3, 0.4) is 0 Å². The van der Waals surface area contributed by atoms with Gasteiger partial charge in [-0.15, -0.1) is 11.3 Å². The summed E-state index contributed by atoms with van der Waals surface area (Å²) in [7, 11) is 0. The van der Waals surface area contributed by atoms with Gasteiger partial charge in [0.15, 0.2) is 0 Å². The van der Waals surface area contributed by atoms with Crippen LogP contribution in [0.5, 0.6) is 0 Å². The van der Waals surface area contributed by atoms with E-state index in [0.717, 1.165) is 47.1 Å². The Balaban J connectivity index is 1.63. The highest BCUT2D eigenvalue weighted by atomic mass is 32.1. The number of carboxylic acids is 1. The smallest absolute Gasteiger partial charge is 0.335 e. The minimum atomic E-state index is -0.908. The van der Waals surface area contributed by atoms with Crippen molar-refractivity contribution in [1.82, 2.24) is 9.88 Å². The first-order chi connectivity index (χ1) is 12.3. The van der Waals surface area contributed by atoms with E-state index in [2.05, 4.69) is 18.8 Å². The van der Waals surface area contributed by atoms with Gasteiger partial charge in [0.1, 0.15) is 4.88 Å². The molecule has 0 saturated carbocycles. The molecule has 5 nitrogen and oxygen atoms in total. The molecule has 0 aliphatic carbocycles. The minimum absolute atomic E-state index is 0.0932. The molecule has 1 aliphatic rings. The lowest BCUT2D eigenvalue weighted by Crippen LogP contribution is -2.28. The number of hydrogen-bond acceptors (Lipinski definition) is 4. The molecule has 2 aromatic rings. The molecule has 1 amide bonds. The molecule has 0 unspecified atom stereocenters. The van der Waals surface area contributed by atoms with Crippen LogP contribution in [0, 0.1) is 12.8 Å². The van der Waals surface area contributed by atoms with E-state index in [9.17, 15) is 9.59 Å². The van der Waals surface area contributed by atoms with Gasteiger partial charge in [0, 0.05) is 19.0 Å². The number of amides is 1. The fraction of sp³-hybridized carbons (Fsp3) is 0.450. The van der Waals surface area contributed by atoms with Crippen molar-refractivity contribution in [1.29, 1.82) is 0 Å². The average Bonchev–Trinajstić information content (AvgIpc) is 3.21. The second-order valence-corrected chi connectivity index (χ2v) is 8.26. The largest absolute Gasteiger partial charge is 0.478 e. The highest BCUT2D eigenvalue weighted by Gasteiger charge is 2.29. The summed E-state index contributed by atoms with van der Waals surface area (Å²) < 4.78 is 0. The molecule has 1 aliphatic heterocycles. The molecule has 0 spiro atoms. The van der Waals surface area contributed by atoms with Crippen LogP contribution in [0.15, 0.2) is 24.3 Å². The number of hydrogen-bond donors (Lipinski definition) is 1. The second kappa shape index (κ2) is 7.58. The van der Waals surface area contributed by atoms with Gasteiger partial charge in [0.25, 0.3) is 5.91 Å². The van der Waals surface area contributed by atoms with E-state index in [-0.39, 0.29) is 5.91 Å². The lowest BCUT2D eigenvalue weighted by atomic mass is 9.98. The summed E-state index contributed by atoms with van der Waals surface area (Å²) in [6, 6.07) is 7.03. The van der Waals surface area contributed by atoms with Crippen molar-refractivity contribution in [3.63, 3.8) is 0 Å². The lowest BCUT2D eigenvalue weighted by molar-refractivity contribution is 0.0696. The summed E-state index contributed by atoms with van der Waals surface area (Å²) >= 11 is 1.51. The van der Waals surface area contributed by atoms with Gasteiger partial charge in [-0.1, -0.05) is 26.0 Å². The van der Waals surface area contributed by atoms with Crippen molar-refractivity contribution in [3.05, 3.63) is 51.0 Å². The maximum absolute atomic E-state index is 12.9. The highest BCUT2D eigenvalue weighted by molar-refractivity contribution is 7.13. The standard InChI is InChI=1S/C20H24N2O3S/c1-12(2)18-21-13(3)17(26-18)19(23)22-9-8-15(11-22)10-14-4-6-16(7-5-14)20(24)25/h4-7,12,15H,8-11H2,1-3H3,(H,24,25)/t15-/m0/s1. The molecular weight excluding hydrogens is 348 g/mol. The monoisotopic (exact) mass is 372 g/mol. The summed E-state index contributed by atoms with van der Waals surface area (Å²) in [6.45, 7) is 7.61. The summed E-state index contributed by atoms with van der Waals surface area (Å²) in [5.41, 5.74) is 2.25. The van der Waals surface area contributed by atoms with Gasteiger partial charge in [-0.2, -0.15) is 0 Å². The quantitative estimate of drug-likeness (QED) is 0.862. The number of nitrogens with zero attached hydrogens (tertiary/aromatic N) is 2. The Labute approximate surface area is 157 Å². The van der Waals surface area contributed by atoms with Crippen molar-refractivity contribution in [2.45, 2.75) is 39.5 Å². The maximum atomic E-state index is 12.9. The Bertz CT molecular complexity index is 811. The van der Waals surface area contributed by atoms with Crippen molar-refractivity contribution < 1.29 is 14.7 Å². The third-order valence-electron chi connectivity index (χ3n) is 4.80. The number of aryl methyl sites for hydroxylation is 1. The number of benzene rings is 1. The molecule has 2 heterocycles. The van der Waals surface area contributed by atoms with E-state index in [4.69, 9.17) is 5.11 Å². The highest BCUT2D eigenvalue weighted by Crippen LogP contribution is 2.28. The Hall–Kier alpha value is -2.21. The van der Waals surface area contributed by atoms with E-state index in [0.29, 0.717) is 17.4 Å². The van der Waals surface area contributed by atoms with E-state index in [1.807, 2.05) is 24.0 Å². The van der Waals surface area contributed by atoms with Crippen molar-refractivity contribution in [2.75, 3.05) is 13.1 Å². The number of carbonyl (C=O) groups is 2. The van der Waals surface area contributed by atoms with E-state index >= 15 is 0 Å². The van der Waals surface area contributed by atoms with Crippen LogP contribution in [0.25, 0.3) is 0 Å². The Morgan fingerprint density at radius 2 is 2.00 bits per heavy atom. The summed E-state index contributed by atoms with van der Waals surface area (Å²) in [4.78, 5) is 31.0. The minimum Gasteiger partial charge on any atom is -0.478 e. The third kappa shape index (κ3) is 3.96. The SMILES string of the molecule is Cc1nc(C(C)C)sc1C(=O)N1CC[C@@H](Cc2ccc(C(=O)O)cc2)C1. The fourth-order valence-electron chi connectivity index (χ4n) is 3.31. The molecule has 1 aromatic heterocycles. The predicted octanol–water partition coefficient (Wildman–Crippen LogP) is 3.98. The van der Waals surface area contributed by atoms with Gasteiger partial charge in [-0.3, -0.25) is 4.79 Å². The van der Waals surface area contributed by atoms with Gasteiger partial charge < -0.3 is 10.0 Å². The van der Waals surface area contributed by atoms with E-state index < -0.39 is 5.97 Å². The molecule has 1 saturated heterocycles. The molecule has 1 N–H and O–H groups in total. The topological polar surface area (TPSA) is 70.5 Å². The first kappa shape index (κ1) is 18.6. The lowest BCUT2D eigenvalue weighted by Gasteiger charge is -2.16. The number of aromatic nitrogens is 1. The predicted molar refractivity (Wildman–Crippen MR) is 102 cm³/mol. The van der Waals surface area contributed by atoms with Crippen LogP contribution in [-0.4, -0.2) is 40.0 Å². The van der Waals surface area contributed by atoms with Gasteiger partial charge in [0.2, 0.25) is 0 Å². The second-order valence-electron chi connectivity index (χ2n) is 7.23. The Morgan fingerprint density at radius 1 is 1.31 bits per heavy atom. The molecule has 1 aromatic carbocycles. The van der Waals surface area contributed by atoms with Crippen LogP contribution in [-0.2, 0) is 6.42 Å². The fourth-order valence-corrected chi connectivity index (χ4v) is 4.34. The molecule has 0 bridgehead atoms. The van der Waals surface area contributed by atoms with Crippen LogP contribution in [0.2, 0.25) is 0 Å². The van der Waals surface area contributed by atoms with Crippen LogP contribution in [0.4, 0.5) is 0 Å².